The minimum absolute atomic E-state index is 0.0809. The summed E-state index contributed by atoms with van der Waals surface area (Å²) in [5.41, 5.74) is 2.11. The van der Waals surface area contributed by atoms with Crippen molar-refractivity contribution in [3.63, 3.8) is 0 Å². The highest BCUT2D eigenvalue weighted by atomic mass is 16.6. The smallest absolute Gasteiger partial charge is 0.337 e. The van der Waals surface area contributed by atoms with Gasteiger partial charge in [0.25, 0.3) is 0 Å². The Bertz CT molecular complexity index is 628. The van der Waals surface area contributed by atoms with Crippen molar-refractivity contribution >= 4 is 11.5 Å². The molecule has 0 atom stereocenters. The van der Waals surface area contributed by atoms with Crippen molar-refractivity contribution in [2.24, 2.45) is 0 Å². The van der Waals surface area contributed by atoms with Gasteiger partial charge < -0.3 is 5.32 Å². The van der Waals surface area contributed by atoms with E-state index in [1.165, 1.54) is 6.33 Å². The minimum atomic E-state index is -0.439. The normalized spacial score (nSPS) is 10.3. The van der Waals surface area contributed by atoms with Crippen molar-refractivity contribution in [3.05, 3.63) is 46.3 Å². The number of hydrogen-bond donors (Lipinski definition) is 1. The van der Waals surface area contributed by atoms with E-state index >= 15 is 0 Å². The first-order valence-electron chi connectivity index (χ1n) is 6.50. The summed E-state index contributed by atoms with van der Waals surface area (Å²) in [4.78, 5) is 18.9. The maximum atomic E-state index is 11.3. The molecule has 2 rings (SSSR count). The van der Waals surface area contributed by atoms with Gasteiger partial charge in [0.05, 0.1) is 4.92 Å². The molecule has 1 heterocycles. The Labute approximate surface area is 117 Å². The summed E-state index contributed by atoms with van der Waals surface area (Å²) in [6.07, 6.45) is 2.21. The van der Waals surface area contributed by atoms with E-state index in [0.717, 1.165) is 17.5 Å². The van der Waals surface area contributed by atoms with E-state index in [9.17, 15) is 10.1 Å². The molecule has 1 aromatic heterocycles. The van der Waals surface area contributed by atoms with Crippen LogP contribution in [0.25, 0.3) is 11.3 Å². The van der Waals surface area contributed by atoms with Gasteiger partial charge in [-0.2, -0.15) is 0 Å². The fourth-order valence-corrected chi connectivity index (χ4v) is 2.00. The number of nitro groups is 1. The third-order valence-electron chi connectivity index (χ3n) is 2.96. The average Bonchev–Trinajstić information content (AvgIpc) is 2.47. The third-order valence-corrected chi connectivity index (χ3v) is 2.96. The molecule has 0 aliphatic rings. The van der Waals surface area contributed by atoms with Crippen LogP contribution < -0.4 is 5.32 Å². The van der Waals surface area contributed by atoms with Crippen molar-refractivity contribution in [2.75, 3.05) is 11.9 Å². The molecule has 0 aliphatic carbocycles. The summed E-state index contributed by atoms with van der Waals surface area (Å²) in [6, 6.07) is 7.62. The van der Waals surface area contributed by atoms with Gasteiger partial charge in [-0.3, -0.25) is 10.1 Å². The lowest BCUT2D eigenvalue weighted by Gasteiger charge is -2.08. The molecule has 104 valence electrons. The molecule has 0 fully saturated rings. The summed E-state index contributed by atoms with van der Waals surface area (Å²) in [5.74, 6) is 0.254. The van der Waals surface area contributed by atoms with E-state index in [-0.39, 0.29) is 11.5 Å². The second-order valence-electron chi connectivity index (χ2n) is 4.26. The number of nitrogens with one attached hydrogen (secondary N) is 1. The molecule has 0 saturated carbocycles. The van der Waals surface area contributed by atoms with Crippen LogP contribution in [0.4, 0.5) is 11.5 Å². The van der Waals surface area contributed by atoms with Crippen molar-refractivity contribution in [1.29, 1.82) is 0 Å². The molecular formula is C14H16N4O2. The fraction of sp³-hybridized carbons (Fsp3) is 0.286. The molecule has 20 heavy (non-hydrogen) atoms. The van der Waals surface area contributed by atoms with Crippen LogP contribution in [0.2, 0.25) is 0 Å². The van der Waals surface area contributed by atoms with E-state index in [4.69, 9.17) is 0 Å². The molecule has 0 aliphatic heterocycles. The van der Waals surface area contributed by atoms with Crippen LogP contribution in [0.15, 0.2) is 30.6 Å². The highest BCUT2D eigenvalue weighted by Gasteiger charge is 2.23. The van der Waals surface area contributed by atoms with E-state index in [1.54, 1.807) is 0 Å². The summed E-state index contributed by atoms with van der Waals surface area (Å²) >= 11 is 0. The summed E-state index contributed by atoms with van der Waals surface area (Å²) in [5, 5.41) is 14.2. The van der Waals surface area contributed by atoms with Gasteiger partial charge in [0.2, 0.25) is 5.82 Å². The second-order valence-corrected chi connectivity index (χ2v) is 4.26. The highest BCUT2D eigenvalue weighted by molar-refractivity contribution is 5.76. The zero-order valence-corrected chi connectivity index (χ0v) is 11.5. The molecular weight excluding hydrogens is 256 g/mol. The summed E-state index contributed by atoms with van der Waals surface area (Å²) < 4.78 is 0. The van der Waals surface area contributed by atoms with Gasteiger partial charge in [0, 0.05) is 12.1 Å². The Balaban J connectivity index is 2.60. The lowest BCUT2D eigenvalue weighted by molar-refractivity contribution is -0.383. The monoisotopic (exact) mass is 272 g/mol. The SMILES string of the molecule is CCNc1ncnc(-c2cccc(CC)c2)c1[N+](=O)[O-]. The molecule has 1 aromatic carbocycles. The van der Waals surface area contributed by atoms with Crippen LogP contribution in [0.3, 0.4) is 0 Å². The zero-order valence-electron chi connectivity index (χ0n) is 11.5. The zero-order chi connectivity index (χ0) is 14.5. The van der Waals surface area contributed by atoms with Crippen molar-refractivity contribution in [2.45, 2.75) is 20.3 Å². The highest BCUT2D eigenvalue weighted by Crippen LogP contribution is 2.32. The quantitative estimate of drug-likeness (QED) is 0.668. The van der Waals surface area contributed by atoms with Crippen LogP contribution >= 0.6 is 0 Å². The first-order valence-corrected chi connectivity index (χ1v) is 6.50. The van der Waals surface area contributed by atoms with E-state index in [2.05, 4.69) is 15.3 Å². The second kappa shape index (κ2) is 6.10. The first-order chi connectivity index (χ1) is 9.67. The topological polar surface area (TPSA) is 81.0 Å². The maximum Gasteiger partial charge on any atom is 0.337 e. The van der Waals surface area contributed by atoms with Gasteiger partial charge in [-0.25, -0.2) is 9.97 Å². The van der Waals surface area contributed by atoms with Gasteiger partial charge in [-0.15, -0.1) is 0 Å². The molecule has 0 radical (unpaired) electrons. The number of benzene rings is 1. The number of aromatic nitrogens is 2. The van der Waals surface area contributed by atoms with Gasteiger partial charge in [0.15, 0.2) is 5.69 Å². The Morgan fingerprint density at radius 2 is 2.10 bits per heavy atom. The lowest BCUT2D eigenvalue weighted by atomic mass is 10.1. The van der Waals surface area contributed by atoms with Crippen molar-refractivity contribution in [3.8, 4) is 11.3 Å². The molecule has 0 amide bonds. The van der Waals surface area contributed by atoms with Gasteiger partial charge in [0.1, 0.15) is 6.33 Å². The first kappa shape index (κ1) is 13.9. The standard InChI is InChI=1S/C14H16N4O2/c1-3-10-6-5-7-11(8-10)12-13(18(19)20)14(15-4-2)17-9-16-12/h5-9H,3-4H2,1-2H3,(H,15,16,17). The van der Waals surface area contributed by atoms with E-state index in [1.807, 2.05) is 38.1 Å². The maximum absolute atomic E-state index is 11.3. The largest absolute Gasteiger partial charge is 0.365 e. The number of nitrogens with zero attached hydrogens (tertiary/aromatic N) is 3. The van der Waals surface area contributed by atoms with Crippen LogP contribution in [0.5, 0.6) is 0 Å². The van der Waals surface area contributed by atoms with Crippen molar-refractivity contribution in [1.82, 2.24) is 9.97 Å². The molecule has 6 heteroatoms. The van der Waals surface area contributed by atoms with Crippen LogP contribution in [0.1, 0.15) is 19.4 Å². The van der Waals surface area contributed by atoms with Crippen LogP contribution in [0, 0.1) is 10.1 Å². The molecule has 2 aromatic rings. The molecule has 6 nitrogen and oxygen atoms in total. The molecule has 0 spiro atoms. The van der Waals surface area contributed by atoms with Gasteiger partial charge in [-0.1, -0.05) is 25.1 Å². The van der Waals surface area contributed by atoms with Crippen LogP contribution in [-0.4, -0.2) is 21.4 Å². The average molecular weight is 272 g/mol. The number of anilines is 1. The Morgan fingerprint density at radius 3 is 2.75 bits per heavy atom. The van der Waals surface area contributed by atoms with E-state index in [0.29, 0.717) is 12.2 Å². The predicted octanol–water partition coefficient (Wildman–Crippen LogP) is 3.05. The predicted molar refractivity (Wildman–Crippen MR) is 77.7 cm³/mol. The minimum Gasteiger partial charge on any atom is -0.365 e. The number of rotatable bonds is 5. The van der Waals surface area contributed by atoms with Gasteiger partial charge in [-0.05, 0) is 25.0 Å². The Kier molecular flexibility index (Phi) is 4.24. The third kappa shape index (κ3) is 2.74. The Morgan fingerprint density at radius 1 is 1.30 bits per heavy atom. The molecule has 0 bridgehead atoms. The molecule has 0 saturated heterocycles. The molecule has 0 unspecified atom stereocenters. The fourth-order valence-electron chi connectivity index (χ4n) is 2.00. The lowest BCUT2D eigenvalue weighted by Crippen LogP contribution is -2.06. The Hall–Kier alpha value is -2.50. The molecule has 1 N–H and O–H groups in total. The number of hydrogen-bond acceptors (Lipinski definition) is 5. The van der Waals surface area contributed by atoms with Crippen LogP contribution in [-0.2, 0) is 6.42 Å². The van der Waals surface area contributed by atoms with Gasteiger partial charge >= 0.3 is 5.69 Å². The summed E-state index contributed by atoms with van der Waals surface area (Å²) in [6.45, 7) is 4.47. The number of aryl methyl sites for hydroxylation is 1. The summed E-state index contributed by atoms with van der Waals surface area (Å²) in [7, 11) is 0. The van der Waals surface area contributed by atoms with E-state index < -0.39 is 4.92 Å². The van der Waals surface area contributed by atoms with Crippen molar-refractivity contribution < 1.29 is 4.92 Å².